The van der Waals surface area contributed by atoms with Gasteiger partial charge in [0.05, 0.1) is 7.11 Å². The first kappa shape index (κ1) is 22.4. The van der Waals surface area contributed by atoms with E-state index in [4.69, 9.17) is 4.74 Å². The molecule has 0 aliphatic rings. The van der Waals surface area contributed by atoms with E-state index in [9.17, 15) is 9.59 Å². The Balaban J connectivity index is 2.00. The van der Waals surface area contributed by atoms with Crippen molar-refractivity contribution in [2.75, 3.05) is 7.11 Å². The molecule has 0 fully saturated rings. The van der Waals surface area contributed by atoms with Crippen molar-refractivity contribution in [2.24, 2.45) is 0 Å². The van der Waals surface area contributed by atoms with Crippen LogP contribution < -0.4 is 21.2 Å². The molecule has 5 heteroatoms. The Hall–Kier alpha value is -3.75. The molecular formula is C28H25NO3P+. The number of ether oxygens (including phenoxy) is 1. The van der Waals surface area contributed by atoms with Gasteiger partial charge in [0.2, 0.25) is 0 Å². The molecule has 0 spiro atoms. The number of nitrogens with one attached hydrogen (secondary N) is 1. The maximum atomic E-state index is 13.4. The Bertz CT molecular complexity index is 1100. The van der Waals surface area contributed by atoms with Gasteiger partial charge in [-0.2, -0.15) is 0 Å². The van der Waals surface area contributed by atoms with Gasteiger partial charge in [-0.25, -0.2) is 4.79 Å². The van der Waals surface area contributed by atoms with Crippen LogP contribution in [0.5, 0.6) is 0 Å². The molecule has 0 heterocycles. The van der Waals surface area contributed by atoms with E-state index >= 15 is 0 Å². The summed E-state index contributed by atoms with van der Waals surface area (Å²) in [5, 5.41) is 5.99. The van der Waals surface area contributed by atoms with Crippen molar-refractivity contribution in [3.63, 3.8) is 0 Å². The van der Waals surface area contributed by atoms with Gasteiger partial charge in [-0.1, -0.05) is 72.8 Å². The molecule has 1 atom stereocenters. The fraction of sp³-hybridized carbons (Fsp3) is 0.0714. The summed E-state index contributed by atoms with van der Waals surface area (Å²) in [5.74, 6) is -1.72. The van der Waals surface area contributed by atoms with Gasteiger partial charge in [-0.05, 0) is 48.5 Å². The third kappa shape index (κ3) is 4.44. The van der Waals surface area contributed by atoms with E-state index in [1.165, 1.54) is 7.11 Å². The lowest BCUT2D eigenvalue weighted by Gasteiger charge is -2.33. The molecule has 0 aliphatic carbocycles. The monoisotopic (exact) mass is 454 g/mol. The summed E-state index contributed by atoms with van der Waals surface area (Å²) in [6.07, 6.45) is 0. The highest BCUT2D eigenvalue weighted by Gasteiger charge is 2.57. The minimum absolute atomic E-state index is 0.321. The van der Waals surface area contributed by atoms with E-state index in [-0.39, 0.29) is 5.91 Å². The number of esters is 1. The highest BCUT2D eigenvalue weighted by molar-refractivity contribution is 7.96. The van der Waals surface area contributed by atoms with Crippen LogP contribution in [0.15, 0.2) is 121 Å². The molecule has 0 bridgehead atoms. The van der Waals surface area contributed by atoms with Crippen molar-refractivity contribution >= 4 is 35.1 Å². The van der Waals surface area contributed by atoms with E-state index in [0.29, 0.717) is 5.56 Å². The van der Waals surface area contributed by atoms with Crippen LogP contribution in [-0.2, 0) is 9.53 Å². The highest BCUT2D eigenvalue weighted by atomic mass is 31.2. The number of carbonyl (C=O) groups is 2. The van der Waals surface area contributed by atoms with Gasteiger partial charge in [0.1, 0.15) is 23.2 Å². The Morgan fingerprint density at radius 2 is 1.00 bits per heavy atom. The number of hydrogen-bond acceptors (Lipinski definition) is 3. The molecule has 0 saturated carbocycles. The molecular weight excluding hydrogens is 429 g/mol. The summed E-state index contributed by atoms with van der Waals surface area (Å²) < 4.78 is 5.29. The van der Waals surface area contributed by atoms with Crippen LogP contribution in [0.1, 0.15) is 10.4 Å². The quantitative estimate of drug-likeness (QED) is 0.340. The molecule has 1 unspecified atom stereocenters. The number of methoxy groups -OCH3 is 1. The summed E-state index contributed by atoms with van der Waals surface area (Å²) in [4.78, 5) is 26.8. The predicted molar refractivity (Wildman–Crippen MR) is 135 cm³/mol. The summed E-state index contributed by atoms with van der Waals surface area (Å²) in [7, 11) is -1.36. The van der Waals surface area contributed by atoms with Crippen LogP contribution >= 0.6 is 7.26 Å². The normalized spacial score (nSPS) is 11.9. The summed E-state index contributed by atoms with van der Waals surface area (Å²) in [6, 6.07) is 38.7. The smallest absolute Gasteiger partial charge is 0.369 e. The lowest BCUT2D eigenvalue weighted by atomic mass is 10.2. The maximum absolute atomic E-state index is 13.4. The fourth-order valence-electron chi connectivity index (χ4n) is 4.11. The standard InChI is InChI=1S/C28H24NO3P/c1-32-28(31)27(29-26(30)22-14-6-2-7-15-22)33(23-16-8-3-9-17-23,24-18-10-4-11-19-24)25-20-12-5-13-21-25/h2-21,27H,1H3/p+1. The Labute approximate surface area is 194 Å². The molecule has 0 aromatic heterocycles. The summed E-state index contributed by atoms with van der Waals surface area (Å²) >= 11 is 0. The molecule has 1 N–H and O–H groups in total. The van der Waals surface area contributed by atoms with E-state index in [0.717, 1.165) is 15.9 Å². The van der Waals surface area contributed by atoms with E-state index in [1.807, 2.05) is 97.1 Å². The van der Waals surface area contributed by atoms with Crippen molar-refractivity contribution in [3.05, 3.63) is 127 Å². The highest BCUT2D eigenvalue weighted by Crippen LogP contribution is 2.59. The van der Waals surface area contributed by atoms with Crippen LogP contribution in [-0.4, -0.2) is 24.8 Å². The SMILES string of the molecule is COC(=O)C(NC(=O)c1ccccc1)[P+](c1ccccc1)(c1ccccc1)c1ccccc1. The van der Waals surface area contributed by atoms with Crippen LogP contribution in [0.25, 0.3) is 0 Å². The number of amides is 1. The zero-order chi connectivity index (χ0) is 23.1. The van der Waals surface area contributed by atoms with Crippen LogP contribution in [0.2, 0.25) is 0 Å². The molecule has 33 heavy (non-hydrogen) atoms. The average molecular weight is 454 g/mol. The van der Waals surface area contributed by atoms with Gasteiger partial charge in [-0.3, -0.25) is 4.79 Å². The predicted octanol–water partition coefficient (Wildman–Crippen LogP) is 3.91. The van der Waals surface area contributed by atoms with Crippen molar-refractivity contribution < 1.29 is 14.3 Å². The van der Waals surface area contributed by atoms with Crippen LogP contribution in [0.3, 0.4) is 0 Å². The van der Waals surface area contributed by atoms with Crippen molar-refractivity contribution in [3.8, 4) is 0 Å². The summed E-state index contributed by atoms with van der Waals surface area (Å²) in [6.45, 7) is 0. The molecule has 1 amide bonds. The first-order valence-corrected chi connectivity index (χ1v) is 12.5. The second-order valence-electron chi connectivity index (χ2n) is 7.49. The molecule has 4 rings (SSSR count). The van der Waals surface area contributed by atoms with Gasteiger partial charge >= 0.3 is 5.97 Å². The van der Waals surface area contributed by atoms with Crippen molar-refractivity contribution in [1.29, 1.82) is 0 Å². The second-order valence-corrected chi connectivity index (χ2v) is 11.0. The molecule has 0 saturated heterocycles. The molecule has 164 valence electrons. The Kier molecular flexibility index (Phi) is 6.97. The van der Waals surface area contributed by atoms with Gasteiger partial charge in [0.15, 0.2) is 0 Å². The van der Waals surface area contributed by atoms with Crippen molar-refractivity contribution in [2.45, 2.75) is 5.78 Å². The van der Waals surface area contributed by atoms with Crippen molar-refractivity contribution in [1.82, 2.24) is 5.32 Å². The first-order chi connectivity index (χ1) is 16.2. The number of benzene rings is 4. The Morgan fingerprint density at radius 1 is 0.636 bits per heavy atom. The third-order valence-corrected chi connectivity index (χ3v) is 10.1. The minimum atomic E-state index is -2.72. The zero-order valence-corrected chi connectivity index (χ0v) is 19.2. The minimum Gasteiger partial charge on any atom is -0.465 e. The van der Waals surface area contributed by atoms with E-state index in [2.05, 4.69) is 5.32 Å². The summed E-state index contributed by atoms with van der Waals surface area (Å²) in [5.41, 5.74) is 0.485. The Morgan fingerprint density at radius 3 is 1.36 bits per heavy atom. The first-order valence-electron chi connectivity index (χ1n) is 10.7. The molecule has 0 aliphatic heterocycles. The van der Waals surface area contributed by atoms with E-state index < -0.39 is 19.0 Å². The topological polar surface area (TPSA) is 55.4 Å². The lowest BCUT2D eigenvalue weighted by Crippen LogP contribution is -2.51. The lowest BCUT2D eigenvalue weighted by molar-refractivity contribution is -0.140. The van der Waals surface area contributed by atoms with Gasteiger partial charge in [-0.15, -0.1) is 0 Å². The number of hydrogen-bond donors (Lipinski definition) is 1. The third-order valence-electron chi connectivity index (χ3n) is 5.61. The van der Waals surface area contributed by atoms with Crippen LogP contribution in [0.4, 0.5) is 0 Å². The number of rotatable bonds is 7. The molecule has 4 aromatic carbocycles. The molecule has 4 aromatic rings. The second kappa shape index (κ2) is 10.2. The molecule has 0 radical (unpaired) electrons. The van der Waals surface area contributed by atoms with Gasteiger partial charge < -0.3 is 10.1 Å². The van der Waals surface area contributed by atoms with Gasteiger partial charge in [0.25, 0.3) is 11.7 Å². The maximum Gasteiger partial charge on any atom is 0.369 e. The fourth-order valence-corrected chi connectivity index (χ4v) is 8.55. The zero-order valence-electron chi connectivity index (χ0n) is 18.3. The number of carbonyl (C=O) groups excluding carboxylic acids is 2. The molecule has 4 nitrogen and oxygen atoms in total. The van der Waals surface area contributed by atoms with Gasteiger partial charge in [0, 0.05) is 5.56 Å². The average Bonchev–Trinajstić information content (AvgIpc) is 2.90. The van der Waals surface area contributed by atoms with Crippen LogP contribution in [0, 0.1) is 0 Å². The van der Waals surface area contributed by atoms with E-state index in [1.54, 1.807) is 24.3 Å². The largest absolute Gasteiger partial charge is 0.465 e.